The van der Waals surface area contributed by atoms with Crippen LogP contribution in [0, 0.1) is 0 Å². The van der Waals surface area contributed by atoms with Crippen molar-refractivity contribution >= 4 is 0 Å². The summed E-state index contributed by atoms with van der Waals surface area (Å²) in [6, 6.07) is 1.91. The Hall–Kier alpha value is -0.120. The van der Waals surface area contributed by atoms with Crippen LogP contribution in [0.4, 0.5) is 0 Å². The molecule has 3 heteroatoms. The van der Waals surface area contributed by atoms with Crippen LogP contribution in [0.5, 0.6) is 0 Å². The van der Waals surface area contributed by atoms with Crippen molar-refractivity contribution in [3.8, 4) is 0 Å². The molecule has 0 saturated carbocycles. The van der Waals surface area contributed by atoms with Crippen molar-refractivity contribution < 1.29 is 0 Å². The van der Waals surface area contributed by atoms with Gasteiger partial charge in [-0.05, 0) is 53.8 Å². The number of likely N-dealkylation sites (N-methyl/N-ethyl adjacent to an activating group) is 1. The molecule has 102 valence electrons. The van der Waals surface area contributed by atoms with Gasteiger partial charge in [0.25, 0.3) is 0 Å². The fraction of sp³-hybridized carbons (Fsp3) is 1.00. The number of rotatable bonds is 6. The first kappa shape index (κ1) is 14.9. The highest BCUT2D eigenvalue weighted by atomic mass is 15.1. The number of nitrogens with zero attached hydrogens (tertiary/aromatic N) is 1. The van der Waals surface area contributed by atoms with Crippen LogP contribution in [-0.4, -0.2) is 50.2 Å². The zero-order chi connectivity index (χ0) is 12.7. The monoisotopic (exact) mass is 241 g/mol. The van der Waals surface area contributed by atoms with E-state index in [9.17, 15) is 0 Å². The quantitative estimate of drug-likeness (QED) is 0.743. The topological polar surface area (TPSA) is 27.3 Å². The van der Waals surface area contributed by atoms with Gasteiger partial charge in [-0.1, -0.05) is 12.8 Å². The van der Waals surface area contributed by atoms with Crippen molar-refractivity contribution in [3.63, 3.8) is 0 Å². The zero-order valence-corrected chi connectivity index (χ0v) is 12.1. The van der Waals surface area contributed by atoms with Gasteiger partial charge in [0.2, 0.25) is 0 Å². The van der Waals surface area contributed by atoms with Crippen molar-refractivity contribution in [2.45, 2.75) is 64.1 Å². The normalized spacial score (nSPS) is 25.6. The van der Waals surface area contributed by atoms with Crippen LogP contribution in [0.1, 0.15) is 46.0 Å². The molecule has 3 unspecified atom stereocenters. The second kappa shape index (κ2) is 8.06. The Balaban J connectivity index is 2.20. The maximum Gasteiger partial charge on any atom is 0.0168 e. The van der Waals surface area contributed by atoms with E-state index >= 15 is 0 Å². The lowest BCUT2D eigenvalue weighted by atomic mass is 10.0. The second-order valence-corrected chi connectivity index (χ2v) is 5.97. The maximum absolute atomic E-state index is 3.70. The third-order valence-corrected chi connectivity index (χ3v) is 3.51. The molecule has 0 aromatic heterocycles. The molecule has 1 aliphatic heterocycles. The number of hydrogen-bond donors (Lipinski definition) is 2. The Bertz CT molecular complexity index is 186. The summed E-state index contributed by atoms with van der Waals surface area (Å²) in [7, 11) is 4.27. The van der Waals surface area contributed by atoms with Crippen LogP contribution in [0.3, 0.4) is 0 Å². The lowest BCUT2D eigenvalue weighted by Gasteiger charge is -2.26. The maximum atomic E-state index is 3.70. The third-order valence-electron chi connectivity index (χ3n) is 3.51. The Morgan fingerprint density at radius 1 is 1.18 bits per heavy atom. The molecule has 0 aromatic rings. The molecule has 3 nitrogen and oxygen atoms in total. The summed E-state index contributed by atoms with van der Waals surface area (Å²) in [6.07, 6.45) is 6.78. The lowest BCUT2D eigenvalue weighted by Crippen LogP contribution is -2.44. The molecule has 1 heterocycles. The van der Waals surface area contributed by atoms with E-state index in [1.807, 2.05) is 0 Å². The highest BCUT2D eigenvalue weighted by Crippen LogP contribution is 2.12. The minimum absolute atomic E-state index is 0.575. The van der Waals surface area contributed by atoms with Crippen molar-refractivity contribution in [2.24, 2.45) is 0 Å². The van der Waals surface area contributed by atoms with Crippen LogP contribution in [-0.2, 0) is 0 Å². The fourth-order valence-corrected chi connectivity index (χ4v) is 2.88. The van der Waals surface area contributed by atoms with Gasteiger partial charge >= 0.3 is 0 Å². The van der Waals surface area contributed by atoms with Gasteiger partial charge in [0.05, 0.1) is 0 Å². The van der Waals surface area contributed by atoms with Gasteiger partial charge in [-0.3, -0.25) is 0 Å². The van der Waals surface area contributed by atoms with Gasteiger partial charge < -0.3 is 15.5 Å². The first-order valence-electron chi connectivity index (χ1n) is 7.22. The molecular formula is C14H31N3. The molecule has 0 amide bonds. The van der Waals surface area contributed by atoms with Crippen molar-refractivity contribution in [1.82, 2.24) is 15.5 Å². The first-order chi connectivity index (χ1) is 8.08. The van der Waals surface area contributed by atoms with Gasteiger partial charge in [0, 0.05) is 24.7 Å². The highest BCUT2D eigenvalue weighted by molar-refractivity contribution is 4.78. The Kier molecular flexibility index (Phi) is 7.09. The Labute approximate surface area is 107 Å². The predicted molar refractivity (Wildman–Crippen MR) is 75.5 cm³/mol. The minimum Gasteiger partial charge on any atom is -0.314 e. The SMILES string of the molecule is CC(CC1CCCCCN1)NC(C)CN(C)C. The van der Waals surface area contributed by atoms with E-state index in [-0.39, 0.29) is 0 Å². The van der Waals surface area contributed by atoms with Gasteiger partial charge in [0.15, 0.2) is 0 Å². The van der Waals surface area contributed by atoms with E-state index in [2.05, 4.69) is 43.5 Å². The Morgan fingerprint density at radius 2 is 1.94 bits per heavy atom. The summed E-state index contributed by atoms with van der Waals surface area (Å²) in [6.45, 7) is 6.92. The largest absolute Gasteiger partial charge is 0.314 e. The average Bonchev–Trinajstić information content (AvgIpc) is 2.44. The molecule has 0 spiro atoms. The summed E-state index contributed by atoms with van der Waals surface area (Å²) in [5.41, 5.74) is 0. The van der Waals surface area contributed by atoms with E-state index in [0.717, 1.165) is 12.6 Å². The van der Waals surface area contributed by atoms with E-state index in [1.165, 1.54) is 38.6 Å². The summed E-state index contributed by atoms with van der Waals surface area (Å²) < 4.78 is 0. The van der Waals surface area contributed by atoms with Gasteiger partial charge in [0.1, 0.15) is 0 Å². The summed E-state index contributed by atoms with van der Waals surface area (Å²) in [5.74, 6) is 0. The fourth-order valence-electron chi connectivity index (χ4n) is 2.88. The van der Waals surface area contributed by atoms with Crippen molar-refractivity contribution in [2.75, 3.05) is 27.2 Å². The highest BCUT2D eigenvalue weighted by Gasteiger charge is 2.16. The summed E-state index contributed by atoms with van der Waals surface area (Å²) in [4.78, 5) is 2.24. The van der Waals surface area contributed by atoms with Crippen LogP contribution in [0.2, 0.25) is 0 Å². The van der Waals surface area contributed by atoms with Crippen molar-refractivity contribution in [3.05, 3.63) is 0 Å². The van der Waals surface area contributed by atoms with Gasteiger partial charge in [-0.2, -0.15) is 0 Å². The standard InChI is InChI=1S/C14H31N3/c1-12(16-13(2)11-17(3)4)10-14-8-6-5-7-9-15-14/h12-16H,5-11H2,1-4H3. The summed E-state index contributed by atoms with van der Waals surface area (Å²) in [5, 5.41) is 7.37. The van der Waals surface area contributed by atoms with Gasteiger partial charge in [-0.25, -0.2) is 0 Å². The molecule has 3 atom stereocenters. The zero-order valence-electron chi connectivity index (χ0n) is 12.1. The first-order valence-corrected chi connectivity index (χ1v) is 7.22. The molecule has 2 N–H and O–H groups in total. The van der Waals surface area contributed by atoms with Crippen molar-refractivity contribution in [1.29, 1.82) is 0 Å². The van der Waals surface area contributed by atoms with E-state index in [1.54, 1.807) is 0 Å². The molecule has 1 saturated heterocycles. The smallest absolute Gasteiger partial charge is 0.0168 e. The minimum atomic E-state index is 0.575. The molecule has 0 aromatic carbocycles. The molecular weight excluding hydrogens is 210 g/mol. The lowest BCUT2D eigenvalue weighted by molar-refractivity contribution is 0.314. The molecule has 0 radical (unpaired) electrons. The predicted octanol–water partition coefficient (Wildman–Crippen LogP) is 1.84. The van der Waals surface area contributed by atoms with Crippen LogP contribution >= 0.6 is 0 Å². The van der Waals surface area contributed by atoms with E-state index in [0.29, 0.717) is 12.1 Å². The molecule has 1 fully saturated rings. The second-order valence-electron chi connectivity index (χ2n) is 5.97. The van der Waals surface area contributed by atoms with Crippen LogP contribution in [0.15, 0.2) is 0 Å². The molecule has 1 aliphatic rings. The molecule has 0 bridgehead atoms. The van der Waals surface area contributed by atoms with Crippen LogP contribution in [0.25, 0.3) is 0 Å². The summed E-state index contributed by atoms with van der Waals surface area (Å²) >= 11 is 0. The molecule has 1 rings (SSSR count). The Morgan fingerprint density at radius 3 is 2.65 bits per heavy atom. The molecule has 17 heavy (non-hydrogen) atoms. The van der Waals surface area contributed by atoms with E-state index < -0.39 is 0 Å². The average molecular weight is 241 g/mol. The number of nitrogens with one attached hydrogen (secondary N) is 2. The van der Waals surface area contributed by atoms with E-state index in [4.69, 9.17) is 0 Å². The molecule has 0 aliphatic carbocycles. The van der Waals surface area contributed by atoms with Crippen LogP contribution < -0.4 is 10.6 Å². The third kappa shape index (κ3) is 7.02. The van der Waals surface area contributed by atoms with Gasteiger partial charge in [-0.15, -0.1) is 0 Å². The number of hydrogen-bond acceptors (Lipinski definition) is 3.